The summed E-state index contributed by atoms with van der Waals surface area (Å²) in [5.74, 6) is 0.794. The molecule has 0 radical (unpaired) electrons. The predicted octanol–water partition coefficient (Wildman–Crippen LogP) is 1.97. The Balaban J connectivity index is 1.92. The maximum atomic E-state index is 11.9. The number of carbonyl (C=O) groups is 1. The Bertz CT molecular complexity index is 658. The Hall–Kier alpha value is -1.57. The number of carbonyl (C=O) groups excluding carboxylic acids is 1. The number of nitrogens with one attached hydrogen (secondary N) is 1. The van der Waals surface area contributed by atoms with E-state index in [9.17, 15) is 4.79 Å². The maximum Gasteiger partial charge on any atom is 0.234 e. The number of halogens is 1. The number of benzene rings is 1. The van der Waals surface area contributed by atoms with Crippen LogP contribution in [-0.2, 0) is 18.4 Å². The molecule has 2 aromatic rings. The summed E-state index contributed by atoms with van der Waals surface area (Å²) in [5.41, 5.74) is 7.17. The first-order valence-electron chi connectivity index (χ1n) is 6.28. The van der Waals surface area contributed by atoms with Crippen LogP contribution in [0.4, 0.5) is 5.69 Å². The number of rotatable bonds is 5. The van der Waals surface area contributed by atoms with E-state index < -0.39 is 0 Å². The number of nitrogens with zero attached hydrogens (tertiary/aromatic N) is 3. The monoisotopic (exact) mass is 325 g/mol. The van der Waals surface area contributed by atoms with Crippen LogP contribution in [0.1, 0.15) is 11.4 Å². The van der Waals surface area contributed by atoms with Crippen molar-refractivity contribution in [3.05, 3.63) is 34.6 Å². The molecule has 112 valence electrons. The largest absolute Gasteiger partial charge is 0.325 e. The first-order chi connectivity index (χ1) is 10.0. The van der Waals surface area contributed by atoms with Gasteiger partial charge in [-0.05, 0) is 24.6 Å². The minimum absolute atomic E-state index is 0.128. The SMILES string of the molecule is Cc1ccc(NC(=O)CSc2nnc(CN)n2C)cc1Cl. The lowest BCUT2D eigenvalue weighted by Gasteiger charge is -2.06. The summed E-state index contributed by atoms with van der Waals surface area (Å²) < 4.78 is 1.78. The van der Waals surface area contributed by atoms with Gasteiger partial charge in [0.15, 0.2) is 5.16 Å². The van der Waals surface area contributed by atoms with Crippen molar-refractivity contribution >= 4 is 35.0 Å². The maximum absolute atomic E-state index is 11.9. The van der Waals surface area contributed by atoms with Gasteiger partial charge in [0.1, 0.15) is 5.82 Å². The van der Waals surface area contributed by atoms with E-state index >= 15 is 0 Å². The molecule has 1 heterocycles. The van der Waals surface area contributed by atoms with Crippen molar-refractivity contribution in [1.82, 2.24) is 14.8 Å². The van der Waals surface area contributed by atoms with E-state index in [1.165, 1.54) is 11.8 Å². The van der Waals surface area contributed by atoms with Crippen LogP contribution in [0.5, 0.6) is 0 Å². The second kappa shape index (κ2) is 6.93. The molecule has 6 nitrogen and oxygen atoms in total. The molecule has 3 N–H and O–H groups in total. The van der Waals surface area contributed by atoms with Crippen LogP contribution in [0.3, 0.4) is 0 Å². The summed E-state index contributed by atoms with van der Waals surface area (Å²) in [6.07, 6.45) is 0. The van der Waals surface area contributed by atoms with Gasteiger partial charge in [0.2, 0.25) is 5.91 Å². The fourth-order valence-electron chi connectivity index (χ4n) is 1.65. The van der Waals surface area contributed by atoms with Gasteiger partial charge in [-0.15, -0.1) is 10.2 Å². The standard InChI is InChI=1S/C13H16ClN5OS/c1-8-3-4-9(5-10(8)14)16-12(20)7-21-13-18-17-11(6-15)19(13)2/h3-5H,6-7,15H2,1-2H3,(H,16,20). The minimum atomic E-state index is -0.128. The fraction of sp³-hybridized carbons (Fsp3) is 0.308. The molecule has 2 rings (SSSR count). The quantitative estimate of drug-likeness (QED) is 0.821. The summed E-state index contributed by atoms with van der Waals surface area (Å²) in [4.78, 5) is 11.9. The highest BCUT2D eigenvalue weighted by Crippen LogP contribution is 2.21. The molecule has 1 amide bonds. The van der Waals surface area contributed by atoms with Gasteiger partial charge in [0.25, 0.3) is 0 Å². The number of anilines is 1. The van der Waals surface area contributed by atoms with Crippen LogP contribution >= 0.6 is 23.4 Å². The van der Waals surface area contributed by atoms with Gasteiger partial charge in [-0.25, -0.2) is 0 Å². The number of nitrogens with two attached hydrogens (primary N) is 1. The van der Waals surface area contributed by atoms with Crippen LogP contribution in [0.25, 0.3) is 0 Å². The molecule has 0 unspecified atom stereocenters. The summed E-state index contributed by atoms with van der Waals surface area (Å²) in [6, 6.07) is 5.41. The van der Waals surface area contributed by atoms with Crippen LogP contribution in [0.15, 0.2) is 23.4 Å². The second-order valence-electron chi connectivity index (χ2n) is 4.46. The molecule has 0 aliphatic carbocycles. The number of hydrogen-bond acceptors (Lipinski definition) is 5. The molecule has 0 fully saturated rings. The van der Waals surface area contributed by atoms with Gasteiger partial charge >= 0.3 is 0 Å². The normalized spacial score (nSPS) is 10.7. The molecule has 0 saturated heterocycles. The third-order valence-electron chi connectivity index (χ3n) is 2.90. The van der Waals surface area contributed by atoms with Gasteiger partial charge in [-0.3, -0.25) is 4.79 Å². The lowest BCUT2D eigenvalue weighted by atomic mass is 10.2. The molecular weight excluding hydrogens is 310 g/mol. The number of thioether (sulfide) groups is 1. The van der Waals surface area contributed by atoms with Crippen LogP contribution in [0.2, 0.25) is 5.02 Å². The van der Waals surface area contributed by atoms with E-state index in [1.54, 1.807) is 10.6 Å². The van der Waals surface area contributed by atoms with E-state index in [0.29, 0.717) is 28.2 Å². The highest BCUT2D eigenvalue weighted by molar-refractivity contribution is 7.99. The third kappa shape index (κ3) is 3.96. The highest BCUT2D eigenvalue weighted by Gasteiger charge is 2.10. The van der Waals surface area contributed by atoms with Crippen LogP contribution in [-0.4, -0.2) is 26.4 Å². The fourth-order valence-corrected chi connectivity index (χ4v) is 2.56. The molecule has 0 aliphatic rings. The van der Waals surface area contributed by atoms with Crippen molar-refractivity contribution in [1.29, 1.82) is 0 Å². The first-order valence-corrected chi connectivity index (χ1v) is 7.64. The van der Waals surface area contributed by atoms with Crippen molar-refractivity contribution in [2.24, 2.45) is 12.8 Å². The van der Waals surface area contributed by atoms with Gasteiger partial charge in [-0.1, -0.05) is 29.4 Å². The zero-order valence-electron chi connectivity index (χ0n) is 11.8. The summed E-state index contributed by atoms with van der Waals surface area (Å²) in [5, 5.41) is 12.0. The lowest BCUT2D eigenvalue weighted by Crippen LogP contribution is -2.14. The second-order valence-corrected chi connectivity index (χ2v) is 5.81. The van der Waals surface area contributed by atoms with Gasteiger partial charge in [-0.2, -0.15) is 0 Å². The summed E-state index contributed by atoms with van der Waals surface area (Å²) in [7, 11) is 1.82. The van der Waals surface area contributed by atoms with Gasteiger partial charge in [0, 0.05) is 17.8 Å². The summed E-state index contributed by atoms with van der Waals surface area (Å²) in [6.45, 7) is 2.23. The number of aryl methyl sites for hydroxylation is 1. The number of amides is 1. The summed E-state index contributed by atoms with van der Waals surface area (Å²) >= 11 is 7.33. The average Bonchev–Trinajstić information content (AvgIpc) is 2.81. The number of hydrogen-bond donors (Lipinski definition) is 2. The highest BCUT2D eigenvalue weighted by atomic mass is 35.5. The molecule has 0 spiro atoms. The van der Waals surface area contributed by atoms with E-state index in [4.69, 9.17) is 17.3 Å². The molecule has 21 heavy (non-hydrogen) atoms. The topological polar surface area (TPSA) is 85.8 Å². The van der Waals surface area contributed by atoms with Gasteiger partial charge < -0.3 is 15.6 Å². The minimum Gasteiger partial charge on any atom is -0.325 e. The Kier molecular flexibility index (Phi) is 5.22. The Morgan fingerprint density at radius 1 is 1.48 bits per heavy atom. The van der Waals surface area contributed by atoms with E-state index in [1.807, 2.05) is 26.1 Å². The van der Waals surface area contributed by atoms with E-state index in [0.717, 1.165) is 5.56 Å². The molecule has 0 aliphatic heterocycles. The van der Waals surface area contributed by atoms with E-state index in [2.05, 4.69) is 15.5 Å². The lowest BCUT2D eigenvalue weighted by molar-refractivity contribution is -0.113. The predicted molar refractivity (Wildman–Crippen MR) is 84.4 cm³/mol. The smallest absolute Gasteiger partial charge is 0.234 e. The molecular formula is C13H16ClN5OS. The Morgan fingerprint density at radius 3 is 2.86 bits per heavy atom. The average molecular weight is 326 g/mol. The van der Waals surface area contributed by atoms with Gasteiger partial charge in [0.05, 0.1) is 12.3 Å². The zero-order valence-corrected chi connectivity index (χ0v) is 13.3. The van der Waals surface area contributed by atoms with Crippen molar-refractivity contribution in [3.8, 4) is 0 Å². The molecule has 1 aromatic heterocycles. The number of aromatic nitrogens is 3. The molecule has 0 atom stereocenters. The Labute approximate surface area is 132 Å². The van der Waals surface area contributed by atoms with Crippen molar-refractivity contribution in [3.63, 3.8) is 0 Å². The molecule has 1 aromatic carbocycles. The van der Waals surface area contributed by atoms with Crippen molar-refractivity contribution < 1.29 is 4.79 Å². The van der Waals surface area contributed by atoms with Crippen molar-refractivity contribution in [2.75, 3.05) is 11.1 Å². The first kappa shape index (κ1) is 15.8. The Morgan fingerprint density at radius 2 is 2.24 bits per heavy atom. The van der Waals surface area contributed by atoms with Crippen molar-refractivity contribution in [2.45, 2.75) is 18.6 Å². The van der Waals surface area contributed by atoms with Crippen LogP contribution < -0.4 is 11.1 Å². The molecule has 0 saturated carbocycles. The molecule has 8 heteroatoms. The molecule has 0 bridgehead atoms. The third-order valence-corrected chi connectivity index (χ3v) is 4.32. The zero-order chi connectivity index (χ0) is 15.4. The van der Waals surface area contributed by atoms with Crippen LogP contribution in [0, 0.1) is 6.92 Å². The van der Waals surface area contributed by atoms with E-state index in [-0.39, 0.29) is 11.7 Å².